The van der Waals surface area contributed by atoms with Crippen LogP contribution in [-0.4, -0.2) is 34.1 Å². The molecule has 1 atom stereocenters. The van der Waals surface area contributed by atoms with Gasteiger partial charge in [0.1, 0.15) is 11.6 Å². The van der Waals surface area contributed by atoms with Gasteiger partial charge in [0.15, 0.2) is 0 Å². The third-order valence-electron chi connectivity index (χ3n) is 3.14. The summed E-state index contributed by atoms with van der Waals surface area (Å²) >= 11 is 0. The molecular formula is C12H17N3O2. The average molecular weight is 235 g/mol. The lowest BCUT2D eigenvalue weighted by atomic mass is 10.0. The number of aromatic nitrogens is 2. The number of carboxylic acids is 1. The van der Waals surface area contributed by atoms with Crippen molar-refractivity contribution in [2.45, 2.75) is 26.2 Å². The van der Waals surface area contributed by atoms with Gasteiger partial charge in [0.05, 0.1) is 0 Å². The maximum absolute atomic E-state index is 10.5. The molecule has 5 heteroatoms. The normalized spacial score (nSPS) is 19.6. The fourth-order valence-corrected chi connectivity index (χ4v) is 2.22. The molecule has 5 nitrogen and oxygen atoms in total. The molecule has 0 aliphatic carbocycles. The zero-order valence-corrected chi connectivity index (χ0v) is 9.96. The molecule has 0 bridgehead atoms. The molecule has 0 radical (unpaired) electrons. The van der Waals surface area contributed by atoms with E-state index >= 15 is 0 Å². The van der Waals surface area contributed by atoms with Crippen LogP contribution in [0.5, 0.6) is 0 Å². The molecule has 1 saturated heterocycles. The molecule has 17 heavy (non-hydrogen) atoms. The first-order valence-electron chi connectivity index (χ1n) is 5.91. The van der Waals surface area contributed by atoms with E-state index in [4.69, 9.17) is 5.11 Å². The fraction of sp³-hybridized carbons (Fsp3) is 0.583. The molecule has 2 rings (SSSR count). The van der Waals surface area contributed by atoms with Gasteiger partial charge in [-0.3, -0.25) is 4.79 Å². The highest BCUT2D eigenvalue weighted by molar-refractivity contribution is 5.66. The van der Waals surface area contributed by atoms with Crippen molar-refractivity contribution in [1.82, 2.24) is 9.97 Å². The topological polar surface area (TPSA) is 66.3 Å². The predicted octanol–water partition coefficient (Wildman–Crippen LogP) is 1.48. The Morgan fingerprint density at radius 2 is 2.47 bits per heavy atom. The Bertz CT molecular complexity index is 408. The molecule has 0 amide bonds. The molecule has 1 aliphatic rings. The van der Waals surface area contributed by atoms with Gasteiger partial charge in [0, 0.05) is 25.7 Å². The van der Waals surface area contributed by atoms with Crippen LogP contribution in [0.4, 0.5) is 5.82 Å². The molecule has 1 aromatic rings. The minimum atomic E-state index is -0.707. The second kappa shape index (κ2) is 5.12. The molecule has 1 fully saturated rings. The molecule has 1 unspecified atom stereocenters. The Morgan fingerprint density at radius 3 is 3.18 bits per heavy atom. The summed E-state index contributed by atoms with van der Waals surface area (Å²) in [4.78, 5) is 21.2. The molecule has 0 aromatic carbocycles. The van der Waals surface area contributed by atoms with Gasteiger partial charge in [-0.15, -0.1) is 0 Å². The van der Waals surface area contributed by atoms with Gasteiger partial charge >= 0.3 is 5.97 Å². The van der Waals surface area contributed by atoms with Gasteiger partial charge in [-0.25, -0.2) is 9.97 Å². The summed E-state index contributed by atoms with van der Waals surface area (Å²) in [5.41, 5.74) is 0. The molecular weight excluding hydrogens is 218 g/mol. The van der Waals surface area contributed by atoms with Crippen molar-refractivity contribution in [2.75, 3.05) is 18.0 Å². The number of carboxylic acid groups (broad SMARTS) is 1. The van der Waals surface area contributed by atoms with Crippen molar-refractivity contribution in [3.8, 4) is 0 Å². The third-order valence-corrected chi connectivity index (χ3v) is 3.14. The third kappa shape index (κ3) is 3.15. The van der Waals surface area contributed by atoms with Gasteiger partial charge in [0.25, 0.3) is 0 Å². The van der Waals surface area contributed by atoms with Crippen LogP contribution in [0.2, 0.25) is 0 Å². The number of hydrogen-bond acceptors (Lipinski definition) is 4. The average Bonchev–Trinajstić information content (AvgIpc) is 2.75. The van der Waals surface area contributed by atoms with E-state index in [9.17, 15) is 4.79 Å². The molecule has 0 spiro atoms. The van der Waals surface area contributed by atoms with E-state index in [1.165, 1.54) is 0 Å². The number of anilines is 1. The number of nitrogens with zero attached hydrogens (tertiary/aromatic N) is 3. The number of rotatable bonds is 4. The smallest absolute Gasteiger partial charge is 0.303 e. The summed E-state index contributed by atoms with van der Waals surface area (Å²) in [5, 5.41) is 8.66. The van der Waals surface area contributed by atoms with E-state index in [1.54, 1.807) is 6.20 Å². The lowest BCUT2D eigenvalue weighted by molar-refractivity contribution is -0.137. The number of aliphatic carboxylic acids is 1. The second-order valence-electron chi connectivity index (χ2n) is 4.50. The number of aryl methyl sites for hydroxylation is 1. The van der Waals surface area contributed by atoms with E-state index in [0.717, 1.165) is 37.6 Å². The van der Waals surface area contributed by atoms with Gasteiger partial charge in [-0.05, 0) is 31.7 Å². The molecule has 2 heterocycles. The molecule has 0 saturated carbocycles. The SMILES string of the molecule is Cc1nccc(N2CCC(CCC(=O)O)C2)n1. The largest absolute Gasteiger partial charge is 0.481 e. The van der Waals surface area contributed by atoms with E-state index < -0.39 is 5.97 Å². The minimum absolute atomic E-state index is 0.265. The first kappa shape index (κ1) is 11.8. The Morgan fingerprint density at radius 1 is 1.65 bits per heavy atom. The van der Waals surface area contributed by atoms with Crippen molar-refractivity contribution in [3.63, 3.8) is 0 Å². The first-order chi connectivity index (χ1) is 8.15. The highest BCUT2D eigenvalue weighted by Gasteiger charge is 2.23. The van der Waals surface area contributed by atoms with Crippen LogP contribution in [0.25, 0.3) is 0 Å². The van der Waals surface area contributed by atoms with Crippen LogP contribution in [0.1, 0.15) is 25.1 Å². The van der Waals surface area contributed by atoms with Gasteiger partial charge in [0.2, 0.25) is 0 Å². The van der Waals surface area contributed by atoms with E-state index in [0.29, 0.717) is 5.92 Å². The second-order valence-corrected chi connectivity index (χ2v) is 4.50. The minimum Gasteiger partial charge on any atom is -0.481 e. The highest BCUT2D eigenvalue weighted by Crippen LogP contribution is 2.24. The lowest BCUT2D eigenvalue weighted by Gasteiger charge is -2.17. The molecule has 92 valence electrons. The van der Waals surface area contributed by atoms with Crippen LogP contribution >= 0.6 is 0 Å². The summed E-state index contributed by atoms with van der Waals surface area (Å²) in [6, 6.07) is 1.91. The van der Waals surface area contributed by atoms with E-state index in [2.05, 4.69) is 14.9 Å². The summed E-state index contributed by atoms with van der Waals surface area (Å²) in [7, 11) is 0. The standard InChI is InChI=1S/C12H17N3O2/c1-9-13-6-4-11(14-9)15-7-5-10(8-15)2-3-12(16)17/h4,6,10H,2-3,5,7-8H2,1H3,(H,16,17). The van der Waals surface area contributed by atoms with Crippen molar-refractivity contribution >= 4 is 11.8 Å². The summed E-state index contributed by atoms with van der Waals surface area (Å²) < 4.78 is 0. The zero-order valence-electron chi connectivity index (χ0n) is 9.96. The quantitative estimate of drug-likeness (QED) is 0.856. The van der Waals surface area contributed by atoms with Crippen molar-refractivity contribution < 1.29 is 9.90 Å². The van der Waals surface area contributed by atoms with Gasteiger partial charge in [-0.1, -0.05) is 0 Å². The van der Waals surface area contributed by atoms with E-state index in [1.807, 2.05) is 13.0 Å². The van der Waals surface area contributed by atoms with Gasteiger partial charge in [-0.2, -0.15) is 0 Å². The summed E-state index contributed by atoms with van der Waals surface area (Å²) in [6.45, 7) is 3.74. The molecule has 1 aromatic heterocycles. The Hall–Kier alpha value is -1.65. The highest BCUT2D eigenvalue weighted by atomic mass is 16.4. The van der Waals surface area contributed by atoms with Crippen LogP contribution in [-0.2, 0) is 4.79 Å². The molecule has 1 N–H and O–H groups in total. The van der Waals surface area contributed by atoms with Crippen LogP contribution in [0.15, 0.2) is 12.3 Å². The van der Waals surface area contributed by atoms with Crippen molar-refractivity contribution in [1.29, 1.82) is 0 Å². The molecule has 1 aliphatic heterocycles. The Kier molecular flexibility index (Phi) is 3.56. The summed E-state index contributed by atoms with van der Waals surface area (Å²) in [6.07, 6.45) is 3.84. The maximum Gasteiger partial charge on any atom is 0.303 e. The number of hydrogen-bond donors (Lipinski definition) is 1. The van der Waals surface area contributed by atoms with Crippen molar-refractivity contribution in [3.05, 3.63) is 18.1 Å². The van der Waals surface area contributed by atoms with Crippen LogP contribution in [0, 0.1) is 12.8 Å². The van der Waals surface area contributed by atoms with Crippen LogP contribution < -0.4 is 4.90 Å². The van der Waals surface area contributed by atoms with Crippen LogP contribution in [0.3, 0.4) is 0 Å². The summed E-state index contributed by atoms with van der Waals surface area (Å²) in [5.74, 6) is 1.49. The fourth-order valence-electron chi connectivity index (χ4n) is 2.22. The Balaban J connectivity index is 1.91. The predicted molar refractivity (Wildman–Crippen MR) is 64.0 cm³/mol. The first-order valence-corrected chi connectivity index (χ1v) is 5.91. The van der Waals surface area contributed by atoms with E-state index in [-0.39, 0.29) is 6.42 Å². The zero-order chi connectivity index (χ0) is 12.3. The number of carbonyl (C=O) groups is 1. The lowest BCUT2D eigenvalue weighted by Crippen LogP contribution is -2.21. The Labute approximate surface area is 100 Å². The van der Waals surface area contributed by atoms with Gasteiger partial charge < -0.3 is 10.0 Å². The van der Waals surface area contributed by atoms with Crippen molar-refractivity contribution in [2.24, 2.45) is 5.92 Å². The maximum atomic E-state index is 10.5. The monoisotopic (exact) mass is 235 g/mol.